The van der Waals surface area contributed by atoms with Gasteiger partial charge in [0.2, 0.25) is 0 Å². The van der Waals surface area contributed by atoms with Gasteiger partial charge in [-0.15, -0.1) is 0 Å². The molecule has 26 heavy (non-hydrogen) atoms. The van der Waals surface area contributed by atoms with Crippen LogP contribution in [-0.4, -0.2) is 56.9 Å². The molecule has 0 radical (unpaired) electrons. The second-order valence-corrected chi connectivity index (χ2v) is 6.90. The number of fused-ring (bicyclic) bond motifs is 1. The van der Waals surface area contributed by atoms with Crippen molar-refractivity contribution in [2.75, 3.05) is 24.7 Å². The molecule has 0 saturated carbocycles. The lowest BCUT2D eigenvalue weighted by Crippen LogP contribution is -2.44. The lowest BCUT2D eigenvalue weighted by atomic mass is 10.2. The van der Waals surface area contributed by atoms with Crippen LogP contribution < -0.4 is 9.64 Å². The highest BCUT2D eigenvalue weighted by Gasteiger charge is 2.25. The smallest absolute Gasteiger partial charge is 0.150 e. The predicted molar refractivity (Wildman–Crippen MR) is 99.5 cm³/mol. The quantitative estimate of drug-likeness (QED) is 0.773. The molecule has 0 spiro atoms. The summed E-state index contributed by atoms with van der Waals surface area (Å²) in [5, 5.41) is 11.7. The van der Waals surface area contributed by atoms with Crippen LogP contribution in [0.2, 0.25) is 0 Å². The van der Waals surface area contributed by atoms with Gasteiger partial charge in [0.05, 0.1) is 31.1 Å². The minimum atomic E-state index is 0.0565. The molecule has 1 unspecified atom stereocenters. The number of nitrogens with one attached hydrogen (secondary N) is 1. The SMILES string of the molecule is CC(C)Oc1cc(N2CCOCC2C)nc2c(-c3ccn[nH]3)nn(C)c12. The minimum Gasteiger partial charge on any atom is -0.489 e. The molecule has 1 N–H and O–H groups in total. The number of hydrogen-bond donors (Lipinski definition) is 1. The number of H-pyrrole nitrogens is 1. The largest absolute Gasteiger partial charge is 0.489 e. The molecule has 1 fully saturated rings. The normalized spacial score (nSPS) is 18.0. The fourth-order valence-electron chi connectivity index (χ4n) is 3.35. The average molecular weight is 356 g/mol. The van der Waals surface area contributed by atoms with E-state index in [0.29, 0.717) is 13.2 Å². The van der Waals surface area contributed by atoms with Gasteiger partial charge in [0.15, 0.2) is 5.75 Å². The zero-order valence-corrected chi connectivity index (χ0v) is 15.6. The van der Waals surface area contributed by atoms with Gasteiger partial charge in [0.25, 0.3) is 0 Å². The van der Waals surface area contributed by atoms with Gasteiger partial charge in [0.1, 0.15) is 22.5 Å². The van der Waals surface area contributed by atoms with Crippen molar-refractivity contribution in [3.05, 3.63) is 18.3 Å². The van der Waals surface area contributed by atoms with E-state index in [1.54, 1.807) is 6.20 Å². The Kier molecular flexibility index (Phi) is 4.28. The Morgan fingerprint density at radius 3 is 2.92 bits per heavy atom. The second-order valence-electron chi connectivity index (χ2n) is 6.90. The molecule has 8 nitrogen and oxygen atoms in total. The second kappa shape index (κ2) is 6.60. The van der Waals surface area contributed by atoms with Crippen molar-refractivity contribution in [2.45, 2.75) is 32.9 Å². The van der Waals surface area contributed by atoms with E-state index in [4.69, 9.17) is 14.5 Å². The van der Waals surface area contributed by atoms with Crippen molar-refractivity contribution in [1.82, 2.24) is 25.0 Å². The number of nitrogens with zero attached hydrogens (tertiary/aromatic N) is 5. The molecule has 0 bridgehead atoms. The van der Waals surface area contributed by atoms with Gasteiger partial charge >= 0.3 is 0 Å². The van der Waals surface area contributed by atoms with E-state index < -0.39 is 0 Å². The topological polar surface area (TPSA) is 81.1 Å². The van der Waals surface area contributed by atoms with Crippen molar-refractivity contribution in [1.29, 1.82) is 0 Å². The van der Waals surface area contributed by atoms with Crippen LogP contribution in [0.4, 0.5) is 5.82 Å². The van der Waals surface area contributed by atoms with Gasteiger partial charge in [0, 0.05) is 25.9 Å². The number of hydrogen-bond acceptors (Lipinski definition) is 6. The van der Waals surface area contributed by atoms with E-state index in [1.807, 2.05) is 37.7 Å². The summed E-state index contributed by atoms with van der Waals surface area (Å²) in [6.07, 6.45) is 1.77. The third-order valence-corrected chi connectivity index (χ3v) is 4.52. The minimum absolute atomic E-state index is 0.0565. The van der Waals surface area contributed by atoms with Crippen LogP contribution in [0.5, 0.6) is 5.75 Å². The predicted octanol–water partition coefficient (Wildman–Crippen LogP) is 2.37. The molecule has 3 aromatic rings. The van der Waals surface area contributed by atoms with Gasteiger partial charge in [-0.25, -0.2) is 4.98 Å². The molecule has 1 atom stereocenters. The summed E-state index contributed by atoms with van der Waals surface area (Å²) in [6, 6.07) is 4.17. The Labute approximate surface area is 152 Å². The molecule has 4 rings (SSSR count). The summed E-state index contributed by atoms with van der Waals surface area (Å²) in [6.45, 7) is 8.39. The molecule has 138 valence electrons. The first kappa shape index (κ1) is 16.8. The maximum atomic E-state index is 6.12. The van der Waals surface area contributed by atoms with E-state index >= 15 is 0 Å². The highest BCUT2D eigenvalue weighted by atomic mass is 16.5. The molecule has 3 aromatic heterocycles. The number of aromatic amines is 1. The molecular weight excluding hydrogens is 332 g/mol. The Morgan fingerprint density at radius 1 is 1.38 bits per heavy atom. The van der Waals surface area contributed by atoms with Crippen molar-refractivity contribution < 1.29 is 9.47 Å². The Hall–Kier alpha value is -2.61. The summed E-state index contributed by atoms with van der Waals surface area (Å²) >= 11 is 0. The number of aryl methyl sites for hydroxylation is 1. The summed E-state index contributed by atoms with van der Waals surface area (Å²) in [7, 11) is 1.91. The lowest BCUT2D eigenvalue weighted by molar-refractivity contribution is 0.0985. The third kappa shape index (κ3) is 2.90. The maximum Gasteiger partial charge on any atom is 0.150 e. The number of pyridine rings is 1. The molecule has 1 saturated heterocycles. The van der Waals surface area contributed by atoms with Crippen molar-refractivity contribution in [2.24, 2.45) is 7.05 Å². The first-order chi connectivity index (χ1) is 12.5. The summed E-state index contributed by atoms with van der Waals surface area (Å²) in [4.78, 5) is 7.22. The highest BCUT2D eigenvalue weighted by Crippen LogP contribution is 2.35. The Morgan fingerprint density at radius 2 is 2.23 bits per heavy atom. The molecular formula is C18H24N6O2. The molecule has 4 heterocycles. The molecule has 0 aliphatic carbocycles. The average Bonchev–Trinajstić information content (AvgIpc) is 3.23. The van der Waals surface area contributed by atoms with Crippen LogP contribution in [0.15, 0.2) is 18.3 Å². The molecule has 0 amide bonds. The van der Waals surface area contributed by atoms with Crippen LogP contribution in [0.1, 0.15) is 20.8 Å². The summed E-state index contributed by atoms with van der Waals surface area (Å²) in [5.74, 6) is 1.68. The first-order valence-corrected chi connectivity index (χ1v) is 8.93. The van der Waals surface area contributed by atoms with E-state index in [2.05, 4.69) is 27.1 Å². The van der Waals surface area contributed by atoms with Gasteiger partial charge in [-0.3, -0.25) is 9.78 Å². The molecule has 1 aliphatic heterocycles. The number of rotatable bonds is 4. The highest BCUT2D eigenvalue weighted by molar-refractivity contribution is 5.94. The Bertz CT molecular complexity index is 902. The standard InChI is InChI=1S/C18H24N6O2/c1-11(2)26-14-9-15(24-7-8-25-10-12(24)3)20-17-16(13-5-6-19-21-13)22-23(4)18(14)17/h5-6,9,11-12H,7-8,10H2,1-4H3,(H,19,21). The van der Waals surface area contributed by atoms with E-state index in [0.717, 1.165) is 40.5 Å². The van der Waals surface area contributed by atoms with Crippen molar-refractivity contribution in [3.8, 4) is 17.1 Å². The zero-order valence-electron chi connectivity index (χ0n) is 15.6. The van der Waals surface area contributed by atoms with Gasteiger partial charge in [-0.05, 0) is 26.8 Å². The zero-order chi connectivity index (χ0) is 18.3. The lowest BCUT2D eigenvalue weighted by Gasteiger charge is -2.34. The van der Waals surface area contributed by atoms with E-state index in [1.165, 1.54) is 0 Å². The van der Waals surface area contributed by atoms with Crippen LogP contribution >= 0.6 is 0 Å². The maximum absolute atomic E-state index is 6.12. The summed E-state index contributed by atoms with van der Waals surface area (Å²) < 4.78 is 13.5. The first-order valence-electron chi connectivity index (χ1n) is 8.93. The van der Waals surface area contributed by atoms with Crippen molar-refractivity contribution in [3.63, 3.8) is 0 Å². The number of morpholine rings is 1. The number of aromatic nitrogens is 5. The van der Waals surface area contributed by atoms with E-state index in [9.17, 15) is 0 Å². The van der Waals surface area contributed by atoms with Crippen LogP contribution in [0.3, 0.4) is 0 Å². The fourth-order valence-corrected chi connectivity index (χ4v) is 3.35. The summed E-state index contributed by atoms with van der Waals surface area (Å²) in [5.41, 5.74) is 3.30. The monoisotopic (exact) mass is 356 g/mol. The van der Waals surface area contributed by atoms with E-state index in [-0.39, 0.29) is 12.1 Å². The van der Waals surface area contributed by atoms with Gasteiger partial charge < -0.3 is 14.4 Å². The van der Waals surface area contributed by atoms with Gasteiger partial charge in [-0.2, -0.15) is 10.2 Å². The molecule has 1 aliphatic rings. The number of anilines is 1. The fraction of sp³-hybridized carbons (Fsp3) is 0.500. The van der Waals surface area contributed by atoms with Gasteiger partial charge in [-0.1, -0.05) is 0 Å². The third-order valence-electron chi connectivity index (χ3n) is 4.52. The molecule has 0 aromatic carbocycles. The van der Waals surface area contributed by atoms with Crippen LogP contribution in [0, 0.1) is 0 Å². The molecule has 8 heteroatoms. The van der Waals surface area contributed by atoms with Crippen LogP contribution in [-0.2, 0) is 11.8 Å². The van der Waals surface area contributed by atoms with Crippen molar-refractivity contribution >= 4 is 16.9 Å². The Balaban J connectivity index is 1.92. The number of ether oxygens (including phenoxy) is 2. The van der Waals surface area contributed by atoms with Crippen LogP contribution in [0.25, 0.3) is 22.4 Å².